The first-order valence-corrected chi connectivity index (χ1v) is 9.94. The molecule has 1 aliphatic heterocycles. The molecule has 2 aromatic heterocycles. The Bertz CT molecular complexity index is 901. The average molecular weight is 377 g/mol. The normalized spacial score (nSPS) is 16.8. The summed E-state index contributed by atoms with van der Waals surface area (Å²) in [5, 5.41) is 0. The molecule has 0 saturated carbocycles. The number of oxazole rings is 1. The third-order valence-electron chi connectivity index (χ3n) is 5.13. The molecule has 0 N–H and O–H groups in total. The Hall–Kier alpha value is -2.50. The van der Waals surface area contributed by atoms with Crippen LogP contribution in [0.5, 0.6) is 0 Å². The zero-order chi connectivity index (χ0) is 19.3. The second-order valence-corrected chi connectivity index (χ2v) is 7.52. The van der Waals surface area contributed by atoms with Gasteiger partial charge in [-0.05, 0) is 51.0 Å². The lowest BCUT2D eigenvalue weighted by Crippen LogP contribution is -2.32. The van der Waals surface area contributed by atoms with Gasteiger partial charge in [0.1, 0.15) is 5.76 Å². The number of pyridine rings is 1. The molecule has 1 unspecified atom stereocenters. The number of aryl methyl sites for hydroxylation is 2. The molecule has 5 heteroatoms. The van der Waals surface area contributed by atoms with E-state index >= 15 is 0 Å². The predicted octanol–water partition coefficient (Wildman–Crippen LogP) is 4.53. The number of ether oxygens (including phenoxy) is 1. The molecule has 4 rings (SSSR count). The quantitative estimate of drug-likeness (QED) is 0.605. The van der Waals surface area contributed by atoms with E-state index in [1.165, 1.54) is 5.56 Å². The van der Waals surface area contributed by atoms with Crippen LogP contribution in [0.2, 0.25) is 0 Å². The van der Waals surface area contributed by atoms with Gasteiger partial charge in [-0.3, -0.25) is 9.88 Å². The van der Waals surface area contributed by atoms with Crippen molar-refractivity contribution in [3.05, 3.63) is 71.4 Å². The van der Waals surface area contributed by atoms with Crippen molar-refractivity contribution in [2.75, 3.05) is 13.2 Å². The number of benzene rings is 1. The van der Waals surface area contributed by atoms with Crippen molar-refractivity contribution in [1.29, 1.82) is 0 Å². The van der Waals surface area contributed by atoms with Crippen molar-refractivity contribution < 1.29 is 9.15 Å². The van der Waals surface area contributed by atoms with Crippen molar-refractivity contribution in [2.24, 2.45) is 0 Å². The Balaban J connectivity index is 1.53. The molecule has 0 bridgehead atoms. The minimum absolute atomic E-state index is 0.284. The number of aromatic nitrogens is 2. The number of rotatable bonds is 7. The summed E-state index contributed by atoms with van der Waals surface area (Å²) in [5.41, 5.74) is 4.25. The summed E-state index contributed by atoms with van der Waals surface area (Å²) < 4.78 is 11.9. The van der Waals surface area contributed by atoms with E-state index in [0.29, 0.717) is 5.89 Å². The summed E-state index contributed by atoms with van der Waals surface area (Å²) in [7, 11) is 0. The van der Waals surface area contributed by atoms with Gasteiger partial charge in [-0.15, -0.1) is 0 Å². The fourth-order valence-corrected chi connectivity index (χ4v) is 3.67. The topological polar surface area (TPSA) is 51.4 Å². The second-order valence-electron chi connectivity index (χ2n) is 7.52. The van der Waals surface area contributed by atoms with E-state index in [-0.39, 0.29) is 6.10 Å². The van der Waals surface area contributed by atoms with Crippen LogP contribution in [0.25, 0.3) is 11.5 Å². The maximum Gasteiger partial charge on any atom is 0.226 e. The predicted molar refractivity (Wildman–Crippen MR) is 109 cm³/mol. The van der Waals surface area contributed by atoms with Crippen molar-refractivity contribution >= 4 is 0 Å². The van der Waals surface area contributed by atoms with Gasteiger partial charge in [-0.25, -0.2) is 4.98 Å². The summed E-state index contributed by atoms with van der Waals surface area (Å²) in [6.45, 7) is 7.30. The first-order chi connectivity index (χ1) is 13.7. The van der Waals surface area contributed by atoms with E-state index in [2.05, 4.69) is 35.0 Å². The molecule has 0 aliphatic carbocycles. The van der Waals surface area contributed by atoms with Gasteiger partial charge < -0.3 is 9.15 Å². The molecule has 146 valence electrons. The van der Waals surface area contributed by atoms with Crippen molar-refractivity contribution in [3.8, 4) is 11.5 Å². The highest BCUT2D eigenvalue weighted by Gasteiger charge is 2.22. The highest BCUT2D eigenvalue weighted by Crippen LogP contribution is 2.24. The van der Waals surface area contributed by atoms with E-state index in [4.69, 9.17) is 14.1 Å². The van der Waals surface area contributed by atoms with Gasteiger partial charge in [0.05, 0.1) is 17.5 Å². The van der Waals surface area contributed by atoms with E-state index in [1.54, 1.807) is 0 Å². The van der Waals surface area contributed by atoms with Crippen LogP contribution < -0.4 is 0 Å². The first-order valence-electron chi connectivity index (χ1n) is 9.94. The Labute approximate surface area is 166 Å². The lowest BCUT2D eigenvalue weighted by atomic mass is 10.1. The molecule has 1 aliphatic rings. The molecule has 5 nitrogen and oxygen atoms in total. The van der Waals surface area contributed by atoms with Gasteiger partial charge in [0, 0.05) is 38.0 Å². The lowest BCUT2D eigenvalue weighted by molar-refractivity contribution is 0.0669. The van der Waals surface area contributed by atoms with Crippen LogP contribution in [0.4, 0.5) is 0 Å². The molecule has 3 aromatic rings. The summed E-state index contributed by atoms with van der Waals surface area (Å²) in [6.07, 6.45) is 4.39. The third-order valence-corrected chi connectivity index (χ3v) is 5.13. The second kappa shape index (κ2) is 8.67. The molecule has 0 spiro atoms. The fraction of sp³-hybridized carbons (Fsp3) is 0.391. The van der Waals surface area contributed by atoms with Gasteiger partial charge in [-0.2, -0.15) is 0 Å². The Morgan fingerprint density at radius 3 is 2.79 bits per heavy atom. The molecule has 1 fully saturated rings. The van der Waals surface area contributed by atoms with Crippen LogP contribution in [0, 0.1) is 13.8 Å². The SMILES string of the molecule is Cc1cccc(-c2nc(CN(Cc3ccccn3)CC3CCCO3)c(C)o2)c1. The van der Waals surface area contributed by atoms with Crippen LogP contribution in [-0.4, -0.2) is 34.1 Å². The molecular formula is C23H27N3O2. The van der Waals surface area contributed by atoms with Crippen LogP contribution in [0.1, 0.15) is 35.6 Å². The van der Waals surface area contributed by atoms with Crippen molar-refractivity contribution in [3.63, 3.8) is 0 Å². The zero-order valence-corrected chi connectivity index (χ0v) is 16.6. The van der Waals surface area contributed by atoms with Crippen LogP contribution in [0.3, 0.4) is 0 Å². The maximum atomic E-state index is 5.99. The fourth-order valence-electron chi connectivity index (χ4n) is 3.67. The average Bonchev–Trinajstić information content (AvgIpc) is 3.33. The molecule has 0 radical (unpaired) electrons. The molecule has 0 amide bonds. The zero-order valence-electron chi connectivity index (χ0n) is 16.6. The van der Waals surface area contributed by atoms with Gasteiger partial charge in [0.25, 0.3) is 0 Å². The standard InChI is InChI=1S/C23H27N3O2/c1-17-7-5-8-19(13-17)23-25-22(18(2)28-23)16-26(15-21-10-6-12-27-21)14-20-9-3-4-11-24-20/h3-5,7-9,11,13,21H,6,10,12,14-16H2,1-2H3. The minimum Gasteiger partial charge on any atom is -0.441 e. The maximum absolute atomic E-state index is 5.99. The Morgan fingerprint density at radius 2 is 2.04 bits per heavy atom. The van der Waals surface area contributed by atoms with Gasteiger partial charge in [0.2, 0.25) is 5.89 Å². The van der Waals surface area contributed by atoms with Gasteiger partial charge in [0.15, 0.2) is 0 Å². The summed E-state index contributed by atoms with van der Waals surface area (Å²) in [6, 6.07) is 14.3. The van der Waals surface area contributed by atoms with E-state index < -0.39 is 0 Å². The minimum atomic E-state index is 0.284. The van der Waals surface area contributed by atoms with Gasteiger partial charge in [-0.1, -0.05) is 23.8 Å². The third kappa shape index (κ3) is 4.66. The highest BCUT2D eigenvalue weighted by molar-refractivity contribution is 5.54. The summed E-state index contributed by atoms with van der Waals surface area (Å²) in [4.78, 5) is 11.7. The van der Waals surface area contributed by atoms with Crippen LogP contribution >= 0.6 is 0 Å². The number of hydrogen-bond donors (Lipinski definition) is 0. The smallest absolute Gasteiger partial charge is 0.226 e. The van der Waals surface area contributed by atoms with Crippen LogP contribution in [0.15, 0.2) is 53.1 Å². The highest BCUT2D eigenvalue weighted by atomic mass is 16.5. The lowest BCUT2D eigenvalue weighted by Gasteiger charge is -2.24. The van der Waals surface area contributed by atoms with E-state index in [0.717, 1.165) is 61.8 Å². The Kier molecular flexibility index (Phi) is 5.84. The summed E-state index contributed by atoms with van der Waals surface area (Å²) >= 11 is 0. The van der Waals surface area contributed by atoms with E-state index in [9.17, 15) is 0 Å². The molecule has 28 heavy (non-hydrogen) atoms. The number of hydrogen-bond acceptors (Lipinski definition) is 5. The first kappa shape index (κ1) is 18.8. The molecule has 1 saturated heterocycles. The largest absolute Gasteiger partial charge is 0.441 e. The van der Waals surface area contributed by atoms with Gasteiger partial charge >= 0.3 is 0 Å². The monoisotopic (exact) mass is 377 g/mol. The number of nitrogens with zero attached hydrogens (tertiary/aromatic N) is 3. The molecule has 3 heterocycles. The van der Waals surface area contributed by atoms with Crippen molar-refractivity contribution in [1.82, 2.24) is 14.9 Å². The molecule has 1 aromatic carbocycles. The summed E-state index contributed by atoms with van der Waals surface area (Å²) in [5.74, 6) is 1.56. The van der Waals surface area contributed by atoms with Crippen LogP contribution in [-0.2, 0) is 17.8 Å². The van der Waals surface area contributed by atoms with Crippen molar-refractivity contribution in [2.45, 2.75) is 45.9 Å². The molecular weight excluding hydrogens is 350 g/mol. The van der Waals surface area contributed by atoms with E-state index in [1.807, 2.05) is 37.4 Å². The Morgan fingerprint density at radius 1 is 1.11 bits per heavy atom. The molecule has 1 atom stereocenters.